The number of fused-ring (bicyclic) bond motifs is 1. The second-order valence-corrected chi connectivity index (χ2v) is 7.81. The van der Waals surface area contributed by atoms with E-state index in [0.717, 1.165) is 0 Å². The number of aliphatic carboxylic acids is 1. The monoisotopic (exact) mass is 421 g/mol. The Labute approximate surface area is 172 Å². The Morgan fingerprint density at radius 2 is 2.07 bits per heavy atom. The van der Waals surface area contributed by atoms with Crippen molar-refractivity contribution in [3.8, 4) is 0 Å². The number of aliphatic hydroxyl groups excluding tert-OH is 1. The molecule has 0 aliphatic heterocycles. The molecule has 12 nitrogen and oxygen atoms in total. The first-order valence-electron chi connectivity index (χ1n) is 9.72. The molecule has 1 saturated carbocycles. The normalized spacial score (nSPS) is 24.1. The molecule has 2 aromatic heterocycles. The van der Waals surface area contributed by atoms with E-state index in [-0.39, 0.29) is 62.4 Å². The fraction of sp³-hybridized carbons (Fsp3) is 0.611. The fourth-order valence-corrected chi connectivity index (χ4v) is 3.88. The number of amides is 1. The van der Waals surface area contributed by atoms with Gasteiger partial charge in [-0.15, -0.1) is 0 Å². The number of rotatable bonds is 7. The van der Waals surface area contributed by atoms with Gasteiger partial charge in [0.1, 0.15) is 11.1 Å². The van der Waals surface area contributed by atoms with Crippen molar-refractivity contribution in [2.75, 3.05) is 18.5 Å². The summed E-state index contributed by atoms with van der Waals surface area (Å²) in [7, 11) is 1.64. The number of aliphatic hydroxyl groups is 2. The van der Waals surface area contributed by atoms with Crippen LogP contribution < -0.4 is 11.5 Å². The Bertz CT molecular complexity index is 948. The van der Waals surface area contributed by atoms with Gasteiger partial charge in [0, 0.05) is 25.9 Å². The van der Waals surface area contributed by atoms with Crippen LogP contribution in [-0.2, 0) is 16.1 Å². The number of carboxylic acid groups (broad SMARTS) is 1. The molecule has 3 atom stereocenters. The second-order valence-electron chi connectivity index (χ2n) is 7.81. The van der Waals surface area contributed by atoms with Crippen LogP contribution in [0.25, 0.3) is 11.2 Å². The molecule has 0 aromatic carbocycles. The van der Waals surface area contributed by atoms with Gasteiger partial charge in [-0.1, -0.05) is 0 Å². The summed E-state index contributed by atoms with van der Waals surface area (Å²) < 4.78 is 1.58. The molecule has 1 aliphatic rings. The SMILES string of the molecule is CN(C(=O)CCCC(=O)O)[C@H]1CC[C@@](O)(Cn2cnc3c(N)nc(N)nc32)[C@H](O)C1. The summed E-state index contributed by atoms with van der Waals surface area (Å²) in [5.41, 5.74) is 10.8. The Morgan fingerprint density at radius 1 is 1.33 bits per heavy atom. The molecule has 1 aliphatic carbocycles. The number of anilines is 2. The van der Waals surface area contributed by atoms with E-state index in [1.807, 2.05) is 0 Å². The van der Waals surface area contributed by atoms with Crippen LogP contribution in [0.5, 0.6) is 0 Å². The van der Waals surface area contributed by atoms with Gasteiger partial charge in [0.15, 0.2) is 11.5 Å². The zero-order chi connectivity index (χ0) is 22.1. The first-order chi connectivity index (χ1) is 14.1. The van der Waals surface area contributed by atoms with Gasteiger partial charge in [-0.3, -0.25) is 9.59 Å². The van der Waals surface area contributed by atoms with Crippen molar-refractivity contribution in [1.29, 1.82) is 0 Å². The maximum atomic E-state index is 12.3. The van der Waals surface area contributed by atoms with E-state index >= 15 is 0 Å². The first kappa shape index (κ1) is 21.7. The van der Waals surface area contributed by atoms with E-state index in [4.69, 9.17) is 16.6 Å². The molecular weight excluding hydrogens is 394 g/mol. The second kappa shape index (κ2) is 8.40. The molecule has 0 spiro atoms. The summed E-state index contributed by atoms with van der Waals surface area (Å²) in [6, 6.07) is -0.245. The topological polar surface area (TPSA) is 194 Å². The molecule has 164 valence electrons. The molecule has 7 N–H and O–H groups in total. The molecule has 2 aromatic rings. The maximum Gasteiger partial charge on any atom is 0.303 e. The number of hydrogen-bond donors (Lipinski definition) is 5. The summed E-state index contributed by atoms with van der Waals surface area (Å²) in [5.74, 6) is -0.997. The van der Waals surface area contributed by atoms with Crippen molar-refractivity contribution >= 4 is 34.8 Å². The van der Waals surface area contributed by atoms with E-state index in [1.54, 1.807) is 11.6 Å². The number of imidazole rings is 1. The van der Waals surface area contributed by atoms with Crippen molar-refractivity contribution in [2.45, 2.75) is 62.8 Å². The van der Waals surface area contributed by atoms with Crippen LogP contribution in [0.4, 0.5) is 11.8 Å². The number of nitrogens with two attached hydrogens (primary N) is 2. The summed E-state index contributed by atoms with van der Waals surface area (Å²) in [5, 5.41) is 30.4. The van der Waals surface area contributed by atoms with Crippen LogP contribution in [0.2, 0.25) is 0 Å². The molecule has 0 unspecified atom stereocenters. The van der Waals surface area contributed by atoms with Crippen molar-refractivity contribution in [3.05, 3.63) is 6.33 Å². The zero-order valence-electron chi connectivity index (χ0n) is 16.7. The predicted octanol–water partition coefficient (Wildman–Crippen LogP) is -0.651. The van der Waals surface area contributed by atoms with Crippen LogP contribution in [0.3, 0.4) is 0 Å². The van der Waals surface area contributed by atoms with Gasteiger partial charge in [-0.2, -0.15) is 9.97 Å². The molecule has 1 fully saturated rings. The molecular formula is C18H27N7O5. The minimum Gasteiger partial charge on any atom is -0.481 e. The van der Waals surface area contributed by atoms with Gasteiger partial charge in [0.2, 0.25) is 11.9 Å². The van der Waals surface area contributed by atoms with Gasteiger partial charge in [0.25, 0.3) is 0 Å². The fourth-order valence-electron chi connectivity index (χ4n) is 3.88. The van der Waals surface area contributed by atoms with Gasteiger partial charge in [-0.05, 0) is 25.7 Å². The molecule has 0 saturated heterocycles. The Hall–Kier alpha value is -2.99. The summed E-state index contributed by atoms with van der Waals surface area (Å²) in [6.07, 6.45) is 1.64. The number of nitrogen functional groups attached to an aromatic ring is 2. The predicted molar refractivity (Wildman–Crippen MR) is 107 cm³/mol. The lowest BCUT2D eigenvalue weighted by molar-refractivity contribution is -0.143. The van der Waals surface area contributed by atoms with E-state index in [2.05, 4.69) is 15.0 Å². The van der Waals surface area contributed by atoms with E-state index in [1.165, 1.54) is 11.2 Å². The van der Waals surface area contributed by atoms with Gasteiger partial charge in [-0.25, -0.2) is 4.98 Å². The lowest BCUT2D eigenvalue weighted by Crippen LogP contribution is -2.54. The van der Waals surface area contributed by atoms with Crippen molar-refractivity contribution in [2.24, 2.45) is 0 Å². The summed E-state index contributed by atoms with van der Waals surface area (Å²) >= 11 is 0. The molecule has 12 heteroatoms. The average molecular weight is 421 g/mol. The lowest BCUT2D eigenvalue weighted by atomic mass is 9.79. The maximum absolute atomic E-state index is 12.3. The summed E-state index contributed by atoms with van der Waals surface area (Å²) in [4.78, 5) is 36.6. The average Bonchev–Trinajstić information content (AvgIpc) is 3.05. The van der Waals surface area contributed by atoms with Crippen LogP contribution in [0, 0.1) is 0 Å². The summed E-state index contributed by atoms with van der Waals surface area (Å²) in [6.45, 7) is 0.0313. The number of nitrogens with zero attached hydrogens (tertiary/aromatic N) is 5. The highest BCUT2D eigenvalue weighted by Gasteiger charge is 2.43. The van der Waals surface area contributed by atoms with Crippen molar-refractivity contribution in [3.63, 3.8) is 0 Å². The van der Waals surface area contributed by atoms with Crippen molar-refractivity contribution < 1.29 is 24.9 Å². The van der Waals surface area contributed by atoms with Gasteiger partial charge >= 0.3 is 5.97 Å². The van der Waals surface area contributed by atoms with Gasteiger partial charge < -0.3 is 36.3 Å². The van der Waals surface area contributed by atoms with Crippen molar-refractivity contribution in [1.82, 2.24) is 24.4 Å². The quantitative estimate of drug-likeness (QED) is 0.383. The minimum absolute atomic E-state index is 0.0129. The number of carboxylic acids is 1. The largest absolute Gasteiger partial charge is 0.481 e. The van der Waals surface area contributed by atoms with Gasteiger partial charge in [0.05, 0.1) is 19.0 Å². The standard InChI is InChI=1S/C18H27N7O5/c1-24(12(27)3-2-4-13(28)29)10-5-6-18(30,11(26)7-10)8-25-9-21-14-15(19)22-17(20)23-16(14)25/h9-11,26,30H,2-8H2,1H3,(H,28,29)(H4,19,20,22,23)/t10-,11+,18+/m0/s1. The van der Waals surface area contributed by atoms with Crippen LogP contribution in [-0.4, -0.2) is 76.4 Å². The Balaban J connectivity index is 1.66. The molecule has 3 rings (SSSR count). The van der Waals surface area contributed by atoms with E-state index in [0.29, 0.717) is 17.6 Å². The highest BCUT2D eigenvalue weighted by Crippen LogP contribution is 2.33. The Kier molecular flexibility index (Phi) is 6.08. The third kappa shape index (κ3) is 4.44. The zero-order valence-corrected chi connectivity index (χ0v) is 16.7. The number of carbonyl (C=O) groups excluding carboxylic acids is 1. The highest BCUT2D eigenvalue weighted by atomic mass is 16.4. The number of aromatic nitrogens is 4. The number of hydrogen-bond acceptors (Lipinski definition) is 9. The number of carbonyl (C=O) groups is 2. The Morgan fingerprint density at radius 3 is 2.73 bits per heavy atom. The third-order valence-electron chi connectivity index (χ3n) is 5.70. The van der Waals surface area contributed by atoms with Crippen LogP contribution in [0.15, 0.2) is 6.33 Å². The molecule has 2 heterocycles. The first-order valence-corrected chi connectivity index (χ1v) is 9.72. The van der Waals surface area contributed by atoms with Crippen LogP contribution >= 0.6 is 0 Å². The third-order valence-corrected chi connectivity index (χ3v) is 5.70. The van der Waals surface area contributed by atoms with E-state index < -0.39 is 17.7 Å². The lowest BCUT2D eigenvalue weighted by Gasteiger charge is -2.43. The molecule has 0 radical (unpaired) electrons. The smallest absolute Gasteiger partial charge is 0.303 e. The molecule has 0 bridgehead atoms. The molecule has 30 heavy (non-hydrogen) atoms. The van der Waals surface area contributed by atoms with Crippen LogP contribution in [0.1, 0.15) is 38.5 Å². The minimum atomic E-state index is -1.44. The van der Waals surface area contributed by atoms with E-state index in [9.17, 15) is 19.8 Å². The molecule has 1 amide bonds. The highest BCUT2D eigenvalue weighted by molar-refractivity contribution is 5.82.